The SMILES string of the molecule is CC(C)[C@H](C)NC(=O)[C@@H](C)N(c1ccc(Cl)c(C(F)(F)F)c1)S(C)(=O)=O. The van der Waals surface area contributed by atoms with Gasteiger partial charge in [0.05, 0.1) is 22.5 Å². The van der Waals surface area contributed by atoms with Crippen molar-refractivity contribution in [2.75, 3.05) is 10.6 Å². The molecule has 1 N–H and O–H groups in total. The molecular formula is C16H22ClF3N2O3S. The summed E-state index contributed by atoms with van der Waals surface area (Å²) in [5, 5.41) is 2.11. The Morgan fingerprint density at radius 2 is 1.73 bits per heavy atom. The van der Waals surface area contributed by atoms with Crippen LogP contribution in [-0.4, -0.2) is 32.7 Å². The molecule has 1 rings (SSSR count). The Labute approximate surface area is 156 Å². The summed E-state index contributed by atoms with van der Waals surface area (Å²) in [4.78, 5) is 12.4. The van der Waals surface area contributed by atoms with Crippen LogP contribution in [0.25, 0.3) is 0 Å². The van der Waals surface area contributed by atoms with Gasteiger partial charge in [0.25, 0.3) is 0 Å². The highest BCUT2D eigenvalue weighted by Gasteiger charge is 2.36. The number of anilines is 1. The van der Waals surface area contributed by atoms with Crippen LogP contribution >= 0.6 is 11.6 Å². The maximum Gasteiger partial charge on any atom is 0.417 e. The van der Waals surface area contributed by atoms with Gasteiger partial charge in [0, 0.05) is 6.04 Å². The van der Waals surface area contributed by atoms with E-state index in [9.17, 15) is 26.4 Å². The minimum Gasteiger partial charge on any atom is -0.352 e. The van der Waals surface area contributed by atoms with Crippen molar-refractivity contribution < 1.29 is 26.4 Å². The lowest BCUT2D eigenvalue weighted by Crippen LogP contribution is -2.50. The van der Waals surface area contributed by atoms with Gasteiger partial charge in [0.2, 0.25) is 15.9 Å². The quantitative estimate of drug-likeness (QED) is 0.772. The van der Waals surface area contributed by atoms with Gasteiger partial charge in [-0.25, -0.2) is 8.42 Å². The Balaban J connectivity index is 3.35. The van der Waals surface area contributed by atoms with Crippen molar-refractivity contribution in [1.29, 1.82) is 0 Å². The molecule has 0 aliphatic heterocycles. The second-order valence-corrected chi connectivity index (χ2v) is 8.70. The molecule has 0 fully saturated rings. The molecule has 1 amide bonds. The Morgan fingerprint density at radius 1 is 1.19 bits per heavy atom. The number of sulfonamides is 1. The molecule has 0 radical (unpaired) electrons. The highest BCUT2D eigenvalue weighted by molar-refractivity contribution is 7.92. The van der Waals surface area contributed by atoms with Crippen LogP contribution in [0.1, 0.15) is 33.3 Å². The van der Waals surface area contributed by atoms with E-state index in [0.29, 0.717) is 10.4 Å². The van der Waals surface area contributed by atoms with Crippen LogP contribution in [0.15, 0.2) is 18.2 Å². The molecule has 0 spiro atoms. The Kier molecular flexibility index (Phi) is 6.98. The summed E-state index contributed by atoms with van der Waals surface area (Å²) in [6.45, 7) is 6.81. The van der Waals surface area contributed by atoms with Crippen molar-refractivity contribution in [2.45, 2.75) is 46.0 Å². The predicted molar refractivity (Wildman–Crippen MR) is 95.7 cm³/mol. The van der Waals surface area contributed by atoms with Crippen molar-refractivity contribution in [1.82, 2.24) is 5.32 Å². The first kappa shape index (κ1) is 22.6. The summed E-state index contributed by atoms with van der Waals surface area (Å²) < 4.78 is 64.2. The molecule has 1 aromatic rings. The van der Waals surface area contributed by atoms with Crippen LogP contribution in [-0.2, 0) is 21.0 Å². The van der Waals surface area contributed by atoms with E-state index in [-0.39, 0.29) is 17.6 Å². The lowest BCUT2D eigenvalue weighted by Gasteiger charge is -2.30. The van der Waals surface area contributed by atoms with E-state index in [4.69, 9.17) is 11.6 Å². The van der Waals surface area contributed by atoms with Crippen LogP contribution in [0.4, 0.5) is 18.9 Å². The van der Waals surface area contributed by atoms with Crippen molar-refractivity contribution in [3.63, 3.8) is 0 Å². The lowest BCUT2D eigenvalue weighted by molar-refractivity contribution is -0.137. The average molecular weight is 415 g/mol. The number of nitrogens with zero attached hydrogens (tertiary/aromatic N) is 1. The second kappa shape index (κ2) is 8.04. The van der Waals surface area contributed by atoms with Crippen molar-refractivity contribution in [3.05, 3.63) is 28.8 Å². The van der Waals surface area contributed by atoms with E-state index in [0.717, 1.165) is 18.4 Å². The monoisotopic (exact) mass is 414 g/mol. The number of hydrogen-bond donors (Lipinski definition) is 1. The van der Waals surface area contributed by atoms with Gasteiger partial charge in [-0.05, 0) is 38.0 Å². The zero-order chi connectivity index (χ0) is 20.4. The molecular weight excluding hydrogens is 393 g/mol. The topological polar surface area (TPSA) is 66.5 Å². The third-order valence-electron chi connectivity index (χ3n) is 3.97. The van der Waals surface area contributed by atoms with Gasteiger partial charge >= 0.3 is 6.18 Å². The van der Waals surface area contributed by atoms with Crippen LogP contribution in [0.3, 0.4) is 0 Å². The molecule has 2 atom stereocenters. The van der Waals surface area contributed by atoms with Crippen molar-refractivity contribution in [2.24, 2.45) is 5.92 Å². The van der Waals surface area contributed by atoms with Gasteiger partial charge in [-0.15, -0.1) is 0 Å². The number of alkyl halides is 3. The molecule has 0 saturated carbocycles. The van der Waals surface area contributed by atoms with Crippen molar-refractivity contribution >= 4 is 33.2 Å². The molecule has 0 saturated heterocycles. The molecule has 0 aliphatic carbocycles. The maximum atomic E-state index is 13.1. The molecule has 0 bridgehead atoms. The van der Waals surface area contributed by atoms with Crippen LogP contribution in [0.5, 0.6) is 0 Å². The van der Waals surface area contributed by atoms with Gasteiger partial charge in [-0.3, -0.25) is 9.10 Å². The fraction of sp³-hybridized carbons (Fsp3) is 0.562. The van der Waals surface area contributed by atoms with E-state index in [1.807, 2.05) is 13.8 Å². The molecule has 148 valence electrons. The Bertz CT molecular complexity index is 766. The number of rotatable bonds is 6. The Hall–Kier alpha value is -1.48. The molecule has 5 nitrogen and oxygen atoms in total. The average Bonchev–Trinajstić information content (AvgIpc) is 2.46. The normalized spacial score (nSPS) is 14.8. The molecule has 1 aromatic carbocycles. The largest absolute Gasteiger partial charge is 0.417 e. The zero-order valence-corrected chi connectivity index (χ0v) is 16.6. The van der Waals surface area contributed by atoms with E-state index in [1.165, 1.54) is 6.92 Å². The number of hydrogen-bond acceptors (Lipinski definition) is 3. The van der Waals surface area contributed by atoms with Gasteiger partial charge in [-0.1, -0.05) is 25.4 Å². The summed E-state index contributed by atoms with van der Waals surface area (Å²) in [7, 11) is -4.03. The molecule has 0 aliphatic rings. The fourth-order valence-electron chi connectivity index (χ4n) is 2.19. The van der Waals surface area contributed by atoms with Crippen molar-refractivity contribution in [3.8, 4) is 0 Å². The maximum absolute atomic E-state index is 13.1. The highest BCUT2D eigenvalue weighted by Crippen LogP contribution is 2.37. The number of carbonyl (C=O) groups is 1. The van der Waals surface area contributed by atoms with Gasteiger partial charge in [-0.2, -0.15) is 13.2 Å². The first-order valence-electron chi connectivity index (χ1n) is 7.82. The standard InChI is InChI=1S/C16H22ClF3N2O3S/c1-9(2)10(3)21-15(23)11(4)22(26(5,24)25)12-6-7-14(17)13(8-12)16(18,19)20/h6-11H,1-5H3,(H,21,23)/t10-,11+/m0/s1. The third-order valence-corrected chi connectivity index (χ3v) is 5.54. The molecule has 0 unspecified atom stereocenters. The second-order valence-electron chi connectivity index (χ2n) is 6.44. The number of amides is 1. The van der Waals surface area contributed by atoms with Gasteiger partial charge < -0.3 is 5.32 Å². The first-order chi connectivity index (χ1) is 11.7. The minimum atomic E-state index is -4.76. The minimum absolute atomic E-state index is 0.102. The highest BCUT2D eigenvalue weighted by atomic mass is 35.5. The van der Waals surface area contributed by atoms with Crippen LogP contribution in [0.2, 0.25) is 5.02 Å². The van der Waals surface area contributed by atoms with Gasteiger partial charge in [0.1, 0.15) is 6.04 Å². The number of carbonyl (C=O) groups excluding carboxylic acids is 1. The summed E-state index contributed by atoms with van der Waals surface area (Å²) in [5.74, 6) is -0.509. The van der Waals surface area contributed by atoms with E-state index in [2.05, 4.69) is 5.32 Å². The number of nitrogens with one attached hydrogen (secondary N) is 1. The number of benzene rings is 1. The van der Waals surface area contributed by atoms with Crippen LogP contribution in [0, 0.1) is 5.92 Å². The smallest absolute Gasteiger partial charge is 0.352 e. The third kappa shape index (κ3) is 5.51. The predicted octanol–water partition coefficient (Wildman–Crippen LogP) is 3.67. The van der Waals surface area contributed by atoms with Gasteiger partial charge in [0.15, 0.2) is 0 Å². The summed E-state index contributed by atoms with van der Waals surface area (Å²) in [6.07, 6.45) is -3.93. The van der Waals surface area contributed by atoms with E-state index >= 15 is 0 Å². The molecule has 10 heteroatoms. The zero-order valence-electron chi connectivity index (χ0n) is 15.1. The Morgan fingerprint density at radius 3 is 2.15 bits per heavy atom. The number of halogens is 4. The molecule has 0 aromatic heterocycles. The van der Waals surface area contributed by atoms with E-state index < -0.39 is 38.7 Å². The lowest BCUT2D eigenvalue weighted by atomic mass is 10.1. The molecule has 26 heavy (non-hydrogen) atoms. The summed E-state index contributed by atoms with van der Waals surface area (Å²) in [6, 6.07) is 1.24. The fourth-order valence-corrected chi connectivity index (χ4v) is 3.58. The van der Waals surface area contributed by atoms with E-state index in [1.54, 1.807) is 6.92 Å². The van der Waals surface area contributed by atoms with Crippen LogP contribution < -0.4 is 9.62 Å². The summed E-state index contributed by atoms with van der Waals surface area (Å²) in [5.41, 5.74) is -1.46. The molecule has 0 heterocycles. The summed E-state index contributed by atoms with van der Waals surface area (Å²) >= 11 is 5.58. The first-order valence-corrected chi connectivity index (χ1v) is 10.1.